The molecule has 0 aliphatic rings. The Labute approximate surface area is 164 Å². The molecule has 28 heavy (non-hydrogen) atoms. The van der Waals surface area contributed by atoms with Crippen LogP contribution in [-0.2, 0) is 13.1 Å². The van der Waals surface area contributed by atoms with Crippen molar-refractivity contribution in [2.45, 2.75) is 13.1 Å². The van der Waals surface area contributed by atoms with Crippen molar-refractivity contribution in [3.8, 4) is 23.0 Å². The first-order valence-corrected chi connectivity index (χ1v) is 8.76. The average Bonchev–Trinajstić information content (AvgIpc) is 2.74. The zero-order valence-electron chi connectivity index (χ0n) is 16.4. The highest BCUT2D eigenvalue weighted by Crippen LogP contribution is 2.28. The molecular formula is C20H27N3O5. The number of nitrogens with zero attached hydrogens (tertiary/aromatic N) is 1. The van der Waals surface area contributed by atoms with Crippen LogP contribution in [0.15, 0.2) is 41.4 Å². The Morgan fingerprint density at radius 1 is 0.929 bits per heavy atom. The van der Waals surface area contributed by atoms with Crippen LogP contribution in [0.1, 0.15) is 11.1 Å². The number of rotatable bonds is 10. The lowest BCUT2D eigenvalue weighted by molar-refractivity contribution is 0.196. The largest absolute Gasteiger partial charge is 0.493 e. The van der Waals surface area contributed by atoms with E-state index in [-0.39, 0.29) is 13.2 Å². The van der Waals surface area contributed by atoms with Gasteiger partial charge in [0, 0.05) is 6.54 Å². The van der Waals surface area contributed by atoms with Gasteiger partial charge in [-0.1, -0.05) is 12.1 Å². The van der Waals surface area contributed by atoms with Crippen LogP contribution in [0.2, 0.25) is 0 Å². The maximum Gasteiger partial charge on any atom is 0.189 e. The van der Waals surface area contributed by atoms with Crippen molar-refractivity contribution in [2.24, 2.45) is 10.7 Å². The number of hydrogen-bond acceptors (Lipinski definition) is 6. The zero-order chi connectivity index (χ0) is 20.4. The highest BCUT2D eigenvalue weighted by molar-refractivity contribution is 5.77. The second kappa shape index (κ2) is 10.9. The molecule has 0 heterocycles. The van der Waals surface area contributed by atoms with Crippen molar-refractivity contribution in [1.82, 2.24) is 5.32 Å². The molecule has 0 spiro atoms. The van der Waals surface area contributed by atoms with Crippen molar-refractivity contribution in [3.05, 3.63) is 47.5 Å². The minimum Gasteiger partial charge on any atom is -0.493 e. The number of ether oxygens (including phenoxy) is 4. The van der Waals surface area contributed by atoms with E-state index in [1.165, 1.54) is 0 Å². The SMILES string of the molecule is COc1ccc(CN=C(N)NCc2ccc(OCCO)c(OC)c2)cc1OC. The molecule has 2 aromatic carbocycles. The number of methoxy groups -OCH3 is 3. The van der Waals surface area contributed by atoms with Crippen molar-refractivity contribution in [3.63, 3.8) is 0 Å². The number of guanidine groups is 1. The van der Waals surface area contributed by atoms with Crippen LogP contribution in [0.4, 0.5) is 0 Å². The predicted octanol–water partition coefficient (Wildman–Crippen LogP) is 1.69. The van der Waals surface area contributed by atoms with Gasteiger partial charge in [0.15, 0.2) is 29.0 Å². The van der Waals surface area contributed by atoms with E-state index in [0.29, 0.717) is 42.0 Å². The Morgan fingerprint density at radius 3 is 2.21 bits per heavy atom. The van der Waals surface area contributed by atoms with Crippen LogP contribution >= 0.6 is 0 Å². The highest BCUT2D eigenvalue weighted by Gasteiger charge is 2.07. The highest BCUT2D eigenvalue weighted by atomic mass is 16.5. The first-order valence-electron chi connectivity index (χ1n) is 8.76. The molecule has 0 aliphatic carbocycles. The van der Waals surface area contributed by atoms with Gasteiger partial charge >= 0.3 is 0 Å². The monoisotopic (exact) mass is 389 g/mol. The summed E-state index contributed by atoms with van der Waals surface area (Å²) in [6.45, 7) is 1.05. The van der Waals surface area contributed by atoms with Gasteiger partial charge in [-0.2, -0.15) is 0 Å². The van der Waals surface area contributed by atoms with Crippen LogP contribution in [0.25, 0.3) is 0 Å². The van der Waals surface area contributed by atoms with Crippen molar-refractivity contribution >= 4 is 5.96 Å². The predicted molar refractivity (Wildman–Crippen MR) is 107 cm³/mol. The van der Waals surface area contributed by atoms with Crippen molar-refractivity contribution in [2.75, 3.05) is 34.5 Å². The number of aliphatic imine (C=N–C) groups is 1. The van der Waals surface area contributed by atoms with Crippen LogP contribution < -0.4 is 30.0 Å². The van der Waals surface area contributed by atoms with Gasteiger partial charge in [0.1, 0.15) is 6.61 Å². The molecule has 0 aromatic heterocycles. The van der Waals surface area contributed by atoms with E-state index in [1.54, 1.807) is 27.4 Å². The molecule has 0 amide bonds. The summed E-state index contributed by atoms with van der Waals surface area (Å²) in [5.74, 6) is 2.82. The molecule has 0 saturated heterocycles. The van der Waals surface area contributed by atoms with E-state index in [2.05, 4.69) is 10.3 Å². The van der Waals surface area contributed by atoms with Gasteiger partial charge in [0.2, 0.25) is 0 Å². The Kier molecular flexibility index (Phi) is 8.23. The molecule has 0 unspecified atom stereocenters. The van der Waals surface area contributed by atoms with Gasteiger partial charge in [0.25, 0.3) is 0 Å². The number of nitrogens with two attached hydrogens (primary N) is 1. The van der Waals surface area contributed by atoms with E-state index < -0.39 is 0 Å². The van der Waals surface area contributed by atoms with Gasteiger partial charge < -0.3 is 35.1 Å². The van der Waals surface area contributed by atoms with Crippen LogP contribution in [-0.4, -0.2) is 45.6 Å². The molecule has 0 fully saturated rings. The summed E-state index contributed by atoms with van der Waals surface area (Å²) in [5.41, 5.74) is 7.87. The first kappa shape index (κ1) is 21.2. The van der Waals surface area contributed by atoms with E-state index in [9.17, 15) is 0 Å². The second-order valence-corrected chi connectivity index (χ2v) is 5.80. The first-order chi connectivity index (χ1) is 13.6. The van der Waals surface area contributed by atoms with Gasteiger partial charge in [-0.15, -0.1) is 0 Å². The van der Waals surface area contributed by atoms with Crippen LogP contribution in [0.5, 0.6) is 23.0 Å². The maximum absolute atomic E-state index is 8.86. The van der Waals surface area contributed by atoms with Gasteiger partial charge in [-0.05, 0) is 35.4 Å². The third-order valence-electron chi connectivity index (χ3n) is 3.93. The summed E-state index contributed by atoms with van der Waals surface area (Å²) in [6, 6.07) is 11.1. The van der Waals surface area contributed by atoms with Crippen molar-refractivity contribution < 1.29 is 24.1 Å². The number of aliphatic hydroxyl groups is 1. The average molecular weight is 389 g/mol. The van der Waals surface area contributed by atoms with E-state index in [4.69, 9.17) is 29.8 Å². The van der Waals surface area contributed by atoms with Crippen LogP contribution in [0, 0.1) is 0 Å². The third kappa shape index (κ3) is 5.95. The fourth-order valence-corrected chi connectivity index (χ4v) is 2.50. The number of hydrogen-bond donors (Lipinski definition) is 3. The Hall–Kier alpha value is -3.13. The normalized spacial score (nSPS) is 11.1. The molecule has 2 aromatic rings. The quantitative estimate of drug-likeness (QED) is 0.419. The molecule has 0 atom stereocenters. The van der Waals surface area contributed by atoms with Gasteiger partial charge in [-0.3, -0.25) is 0 Å². The minimum absolute atomic E-state index is 0.0560. The zero-order valence-corrected chi connectivity index (χ0v) is 16.4. The fourth-order valence-electron chi connectivity index (χ4n) is 2.50. The maximum atomic E-state index is 8.86. The standard InChI is InChI=1S/C20H27N3O5/c1-25-16-6-4-14(10-18(16)26-2)12-22-20(21)23-13-15-5-7-17(28-9-8-24)19(11-15)27-3/h4-7,10-11,24H,8-9,12-13H2,1-3H3,(H3,21,22,23). The van der Waals surface area contributed by atoms with Gasteiger partial charge in [-0.25, -0.2) is 4.99 Å². The number of benzene rings is 2. The summed E-state index contributed by atoms with van der Waals surface area (Å²) in [6.07, 6.45) is 0. The lowest BCUT2D eigenvalue weighted by Gasteiger charge is -2.12. The topological polar surface area (TPSA) is 108 Å². The smallest absolute Gasteiger partial charge is 0.189 e. The summed E-state index contributed by atoms with van der Waals surface area (Å²) >= 11 is 0. The molecule has 0 aliphatic heterocycles. The van der Waals surface area contributed by atoms with Crippen molar-refractivity contribution in [1.29, 1.82) is 0 Å². The van der Waals surface area contributed by atoms with E-state index >= 15 is 0 Å². The minimum atomic E-state index is -0.0560. The molecular weight excluding hydrogens is 362 g/mol. The molecule has 8 heteroatoms. The molecule has 8 nitrogen and oxygen atoms in total. The van der Waals surface area contributed by atoms with Crippen LogP contribution in [0.3, 0.4) is 0 Å². The molecule has 0 saturated carbocycles. The summed E-state index contributed by atoms with van der Waals surface area (Å²) in [4.78, 5) is 4.34. The Morgan fingerprint density at radius 2 is 1.54 bits per heavy atom. The lowest BCUT2D eigenvalue weighted by atomic mass is 10.2. The lowest BCUT2D eigenvalue weighted by Crippen LogP contribution is -2.31. The molecule has 0 radical (unpaired) electrons. The third-order valence-corrected chi connectivity index (χ3v) is 3.93. The molecule has 0 bridgehead atoms. The Balaban J connectivity index is 1.95. The van der Waals surface area contributed by atoms with E-state index in [0.717, 1.165) is 11.1 Å². The van der Waals surface area contributed by atoms with Gasteiger partial charge in [0.05, 0.1) is 34.5 Å². The number of aliphatic hydroxyl groups excluding tert-OH is 1. The van der Waals surface area contributed by atoms with E-state index in [1.807, 2.05) is 30.3 Å². The summed E-state index contributed by atoms with van der Waals surface area (Å²) in [7, 11) is 4.75. The molecule has 4 N–H and O–H groups in total. The molecule has 152 valence electrons. The number of nitrogens with one attached hydrogen (secondary N) is 1. The summed E-state index contributed by atoms with van der Waals surface area (Å²) in [5, 5.41) is 11.9. The second-order valence-electron chi connectivity index (χ2n) is 5.80. The summed E-state index contributed by atoms with van der Waals surface area (Å²) < 4.78 is 21.2. The fraction of sp³-hybridized carbons (Fsp3) is 0.350. The molecule has 2 rings (SSSR count). The Bertz CT molecular complexity index is 795.